The number of aromatic hydroxyl groups is 1. The smallest absolute Gasteiger partial charge is 0.241 e. The summed E-state index contributed by atoms with van der Waals surface area (Å²) in [4.78, 5) is 11.1. The highest BCUT2D eigenvalue weighted by Crippen LogP contribution is 2.26. The van der Waals surface area contributed by atoms with Gasteiger partial charge in [-0.3, -0.25) is 4.79 Å². The van der Waals surface area contributed by atoms with Crippen LogP contribution in [0.15, 0.2) is 47.4 Å². The van der Waals surface area contributed by atoms with E-state index in [1.807, 2.05) is 0 Å². The lowest BCUT2D eigenvalue weighted by Gasteiger charge is -2.20. The normalized spacial score (nSPS) is 12.1. The van der Waals surface area contributed by atoms with Gasteiger partial charge in [0.25, 0.3) is 0 Å². The number of carbonyl (C=O) groups is 1. The molecule has 0 heterocycles. The van der Waals surface area contributed by atoms with Gasteiger partial charge in [0.05, 0.1) is 10.5 Å². The number of carbonyl (C=O) groups excluding carboxylic acids is 1. The Morgan fingerprint density at radius 1 is 1.00 bits per heavy atom. The van der Waals surface area contributed by atoms with Crippen molar-refractivity contribution in [2.45, 2.75) is 31.2 Å². The lowest BCUT2D eigenvalue weighted by molar-refractivity contribution is 0.112. The van der Waals surface area contributed by atoms with Crippen molar-refractivity contribution < 1.29 is 18.3 Å². The summed E-state index contributed by atoms with van der Waals surface area (Å²) >= 11 is 0. The first kappa shape index (κ1) is 17.2. The largest absolute Gasteiger partial charge is 0.507 e. The fourth-order valence-corrected chi connectivity index (χ4v) is 3.54. The van der Waals surface area contributed by atoms with E-state index < -0.39 is 15.6 Å². The van der Waals surface area contributed by atoms with Gasteiger partial charge in [-0.05, 0) is 56.2 Å². The fraction of sp³-hybridized carbons (Fsp3) is 0.235. The number of benzene rings is 2. The molecular weight excluding hydrogens is 314 g/mol. The molecule has 0 aliphatic rings. The molecule has 0 amide bonds. The number of aldehydes is 1. The van der Waals surface area contributed by atoms with Crippen LogP contribution in [0.1, 0.15) is 31.1 Å². The number of rotatable bonds is 4. The van der Waals surface area contributed by atoms with E-state index in [2.05, 4.69) is 4.72 Å². The van der Waals surface area contributed by atoms with Crippen molar-refractivity contribution in [2.75, 3.05) is 0 Å². The van der Waals surface area contributed by atoms with Crippen LogP contribution in [-0.2, 0) is 10.0 Å². The van der Waals surface area contributed by atoms with Crippen molar-refractivity contribution >= 4 is 16.3 Å². The van der Waals surface area contributed by atoms with Gasteiger partial charge in [0.15, 0.2) is 6.29 Å². The summed E-state index contributed by atoms with van der Waals surface area (Å²) in [5.74, 6) is -0.0858. The third kappa shape index (κ3) is 4.18. The molecule has 23 heavy (non-hydrogen) atoms. The molecule has 6 heteroatoms. The second-order valence-corrected chi connectivity index (χ2v) is 7.95. The molecule has 0 aliphatic carbocycles. The maximum Gasteiger partial charge on any atom is 0.241 e. The highest BCUT2D eigenvalue weighted by atomic mass is 32.2. The van der Waals surface area contributed by atoms with E-state index >= 15 is 0 Å². The van der Waals surface area contributed by atoms with Crippen LogP contribution in [0.2, 0.25) is 0 Å². The second-order valence-electron chi connectivity index (χ2n) is 6.27. The molecule has 0 aliphatic heterocycles. The number of nitrogens with one attached hydrogen (secondary N) is 1. The van der Waals surface area contributed by atoms with Crippen LogP contribution in [0.5, 0.6) is 5.75 Å². The van der Waals surface area contributed by atoms with Crippen molar-refractivity contribution in [2.24, 2.45) is 0 Å². The molecule has 5 nitrogen and oxygen atoms in total. The predicted octanol–water partition coefficient (Wildman–Crippen LogP) is 2.95. The lowest BCUT2D eigenvalue weighted by Crippen LogP contribution is -2.40. The molecule has 0 saturated heterocycles. The van der Waals surface area contributed by atoms with Crippen molar-refractivity contribution in [3.8, 4) is 16.9 Å². The van der Waals surface area contributed by atoms with Gasteiger partial charge in [-0.1, -0.05) is 18.2 Å². The van der Waals surface area contributed by atoms with Crippen LogP contribution in [0.3, 0.4) is 0 Å². The average Bonchev–Trinajstić information content (AvgIpc) is 2.45. The van der Waals surface area contributed by atoms with Gasteiger partial charge in [0, 0.05) is 5.54 Å². The minimum absolute atomic E-state index is 0.0858. The fourth-order valence-electron chi connectivity index (χ4n) is 2.12. The van der Waals surface area contributed by atoms with Crippen LogP contribution in [0.25, 0.3) is 11.1 Å². The van der Waals surface area contributed by atoms with Gasteiger partial charge in [-0.15, -0.1) is 0 Å². The Labute approximate surface area is 136 Å². The molecule has 0 bridgehead atoms. The Bertz CT molecular complexity index is 819. The zero-order valence-corrected chi connectivity index (χ0v) is 14.0. The molecule has 0 saturated carbocycles. The minimum Gasteiger partial charge on any atom is -0.507 e. The van der Waals surface area contributed by atoms with Crippen LogP contribution < -0.4 is 4.72 Å². The van der Waals surface area contributed by atoms with E-state index in [1.54, 1.807) is 45.0 Å². The Morgan fingerprint density at radius 2 is 1.57 bits per heavy atom. The summed E-state index contributed by atoms with van der Waals surface area (Å²) in [6.45, 7) is 5.32. The average molecular weight is 333 g/mol. The van der Waals surface area contributed by atoms with Gasteiger partial charge in [-0.25, -0.2) is 13.1 Å². The van der Waals surface area contributed by atoms with E-state index in [4.69, 9.17) is 0 Å². The van der Waals surface area contributed by atoms with E-state index in [9.17, 15) is 18.3 Å². The predicted molar refractivity (Wildman–Crippen MR) is 89.0 cm³/mol. The van der Waals surface area contributed by atoms with Crippen LogP contribution in [0, 0.1) is 0 Å². The number of phenols is 1. The summed E-state index contributed by atoms with van der Waals surface area (Å²) < 4.78 is 27.1. The van der Waals surface area contributed by atoms with E-state index in [0.29, 0.717) is 6.29 Å². The van der Waals surface area contributed by atoms with E-state index in [0.717, 1.165) is 11.1 Å². The monoisotopic (exact) mass is 333 g/mol. The SMILES string of the molecule is CC(C)(C)NS(=O)(=O)c1ccc(-c2ccc(O)c(C=O)c2)cc1. The van der Waals surface area contributed by atoms with Crippen molar-refractivity contribution in [1.29, 1.82) is 0 Å². The number of phenolic OH excluding ortho intramolecular Hbond substituents is 1. The first-order valence-corrected chi connectivity index (χ1v) is 8.53. The summed E-state index contributed by atoms with van der Waals surface area (Å²) in [6, 6.07) is 11.0. The van der Waals surface area contributed by atoms with Crippen molar-refractivity contribution in [3.05, 3.63) is 48.0 Å². The Hall–Kier alpha value is -2.18. The van der Waals surface area contributed by atoms with Gasteiger partial charge < -0.3 is 5.11 Å². The topological polar surface area (TPSA) is 83.5 Å². The van der Waals surface area contributed by atoms with Gasteiger partial charge in [0.2, 0.25) is 10.0 Å². The number of sulfonamides is 1. The quantitative estimate of drug-likeness (QED) is 0.843. The molecule has 0 radical (unpaired) electrons. The first-order valence-electron chi connectivity index (χ1n) is 7.05. The Balaban J connectivity index is 2.35. The molecule has 0 aromatic heterocycles. The molecule has 0 spiro atoms. The zero-order chi connectivity index (χ0) is 17.3. The minimum atomic E-state index is -3.58. The van der Waals surface area contributed by atoms with E-state index in [-0.39, 0.29) is 16.2 Å². The van der Waals surface area contributed by atoms with E-state index in [1.165, 1.54) is 18.2 Å². The molecule has 2 aromatic carbocycles. The third-order valence-corrected chi connectivity index (χ3v) is 4.87. The highest BCUT2D eigenvalue weighted by Gasteiger charge is 2.21. The third-order valence-electron chi connectivity index (χ3n) is 3.09. The zero-order valence-electron chi connectivity index (χ0n) is 13.2. The lowest BCUT2D eigenvalue weighted by atomic mass is 10.0. The summed E-state index contributed by atoms with van der Waals surface area (Å²) in [5, 5.41) is 9.52. The molecule has 2 N–H and O–H groups in total. The maximum absolute atomic E-state index is 12.3. The van der Waals surface area contributed by atoms with Crippen molar-refractivity contribution in [1.82, 2.24) is 4.72 Å². The maximum atomic E-state index is 12.3. The number of hydrogen-bond acceptors (Lipinski definition) is 4. The summed E-state index contributed by atoms with van der Waals surface area (Å²) in [6.07, 6.45) is 0.574. The Morgan fingerprint density at radius 3 is 2.09 bits per heavy atom. The molecule has 0 atom stereocenters. The van der Waals surface area contributed by atoms with Crippen molar-refractivity contribution in [3.63, 3.8) is 0 Å². The van der Waals surface area contributed by atoms with Crippen LogP contribution >= 0.6 is 0 Å². The molecule has 2 rings (SSSR count). The second kappa shape index (κ2) is 6.14. The Kier molecular flexibility index (Phi) is 4.58. The molecule has 2 aromatic rings. The summed E-state index contributed by atoms with van der Waals surface area (Å²) in [5.41, 5.74) is 1.10. The molecule has 0 unspecified atom stereocenters. The molecule has 0 fully saturated rings. The van der Waals surface area contributed by atoms with Gasteiger partial charge >= 0.3 is 0 Å². The first-order chi connectivity index (χ1) is 10.6. The highest BCUT2D eigenvalue weighted by molar-refractivity contribution is 7.89. The van der Waals surface area contributed by atoms with Crippen LogP contribution in [-0.4, -0.2) is 25.3 Å². The molecular formula is C17H19NO4S. The van der Waals surface area contributed by atoms with Gasteiger partial charge in [0.1, 0.15) is 5.75 Å². The van der Waals surface area contributed by atoms with Crippen LogP contribution in [0.4, 0.5) is 0 Å². The number of hydrogen-bond donors (Lipinski definition) is 2. The standard InChI is InChI=1S/C17H19NO4S/c1-17(2,3)18-23(21,22)15-7-4-12(5-8-15)13-6-9-16(20)14(10-13)11-19/h4-11,18,20H,1-3H3. The van der Waals surface area contributed by atoms with Gasteiger partial charge in [-0.2, -0.15) is 0 Å². The summed E-state index contributed by atoms with van der Waals surface area (Å²) in [7, 11) is -3.58. The molecule has 122 valence electrons.